The molecular formula is C30H42O7. The van der Waals surface area contributed by atoms with Crippen molar-refractivity contribution in [3.63, 3.8) is 0 Å². The minimum atomic E-state index is -0.632. The summed E-state index contributed by atoms with van der Waals surface area (Å²) in [5, 5.41) is 10.8. The van der Waals surface area contributed by atoms with Crippen LogP contribution in [-0.2, 0) is 28.5 Å². The van der Waals surface area contributed by atoms with Crippen LogP contribution in [0.2, 0.25) is 0 Å². The fraction of sp³-hybridized carbons (Fsp3) is 0.633. The highest BCUT2D eigenvalue weighted by Gasteiger charge is 2.47. The fourth-order valence-corrected chi connectivity index (χ4v) is 5.28. The normalized spacial score (nSPS) is 37.6. The molecule has 0 radical (unpaired) electrons. The summed E-state index contributed by atoms with van der Waals surface area (Å²) in [5.41, 5.74) is 2.31. The largest absolute Gasteiger partial charge is 0.456 e. The third kappa shape index (κ3) is 8.76. The first kappa shape index (κ1) is 28.0. The van der Waals surface area contributed by atoms with Gasteiger partial charge in [-0.1, -0.05) is 54.2 Å². The van der Waals surface area contributed by atoms with Crippen LogP contribution in [-0.4, -0.2) is 73.6 Å². The summed E-state index contributed by atoms with van der Waals surface area (Å²) in [7, 11) is 1.60. The Balaban J connectivity index is 1.46. The second-order valence-corrected chi connectivity index (χ2v) is 10.6. The molecule has 4 aliphatic rings. The topological polar surface area (TPSA) is 86.8 Å². The maximum Gasteiger partial charge on any atom is 0.330 e. The second-order valence-electron chi connectivity index (χ2n) is 10.6. The van der Waals surface area contributed by atoms with Gasteiger partial charge in [-0.3, -0.25) is 0 Å². The summed E-state index contributed by atoms with van der Waals surface area (Å²) < 4.78 is 29.4. The minimum absolute atomic E-state index is 0.0393. The maximum absolute atomic E-state index is 12.8. The lowest BCUT2D eigenvalue weighted by atomic mass is 9.97. The van der Waals surface area contributed by atoms with Crippen LogP contribution in [0.1, 0.15) is 58.3 Å². The van der Waals surface area contributed by atoms with E-state index in [1.54, 1.807) is 7.11 Å². The van der Waals surface area contributed by atoms with Crippen LogP contribution in [0, 0.1) is 0 Å². The molecule has 0 aromatic heterocycles. The zero-order valence-electron chi connectivity index (χ0n) is 22.1. The van der Waals surface area contributed by atoms with Gasteiger partial charge in [-0.05, 0) is 51.9 Å². The van der Waals surface area contributed by atoms with Gasteiger partial charge < -0.3 is 28.8 Å². The highest BCUT2D eigenvalue weighted by atomic mass is 16.6. The molecule has 0 unspecified atom stereocenters. The molecule has 7 heteroatoms. The van der Waals surface area contributed by atoms with Crippen molar-refractivity contribution in [1.29, 1.82) is 0 Å². The van der Waals surface area contributed by atoms with Gasteiger partial charge in [0.05, 0.1) is 37.1 Å². The first-order chi connectivity index (χ1) is 17.9. The molecule has 0 amide bonds. The van der Waals surface area contributed by atoms with Gasteiger partial charge in [-0.25, -0.2) is 4.79 Å². The van der Waals surface area contributed by atoms with E-state index in [4.69, 9.17) is 23.7 Å². The van der Waals surface area contributed by atoms with Crippen molar-refractivity contribution >= 4 is 5.97 Å². The number of carbonyl (C=O) groups excluding carboxylic acids is 1. The van der Waals surface area contributed by atoms with E-state index in [0.717, 1.165) is 37.7 Å². The number of carbonyl (C=O) groups is 1. The smallest absolute Gasteiger partial charge is 0.330 e. The minimum Gasteiger partial charge on any atom is -0.456 e. The monoisotopic (exact) mass is 514 g/mol. The molecule has 7 nitrogen and oxygen atoms in total. The summed E-state index contributed by atoms with van der Waals surface area (Å²) in [4.78, 5) is 12.8. The molecule has 0 aromatic carbocycles. The molecule has 4 aliphatic heterocycles. The number of aliphatic hydroxyl groups is 1. The van der Waals surface area contributed by atoms with Crippen LogP contribution in [0.5, 0.6) is 0 Å². The van der Waals surface area contributed by atoms with Crippen LogP contribution >= 0.6 is 0 Å². The van der Waals surface area contributed by atoms with Gasteiger partial charge in [0, 0.05) is 19.6 Å². The van der Waals surface area contributed by atoms with Crippen LogP contribution in [0.25, 0.3) is 0 Å². The Kier molecular flexibility index (Phi) is 10.3. The first-order valence-electron chi connectivity index (χ1n) is 13.6. The van der Waals surface area contributed by atoms with Gasteiger partial charge in [0.1, 0.15) is 18.3 Å². The molecule has 37 heavy (non-hydrogen) atoms. The zero-order valence-corrected chi connectivity index (χ0v) is 22.1. The maximum atomic E-state index is 12.8. The van der Waals surface area contributed by atoms with Crippen LogP contribution in [0.3, 0.4) is 0 Å². The van der Waals surface area contributed by atoms with E-state index in [0.29, 0.717) is 25.9 Å². The number of epoxide rings is 1. The van der Waals surface area contributed by atoms with Gasteiger partial charge in [0.25, 0.3) is 0 Å². The SMILES string of the molecule is C=C1CCC[C@@H]2CC=C[C@@H](C/C=C\C(=O)O[C@H]([C@H](/C=C/[C@@H]3CC(C)=CCO3)OC)C[C@@H]3O[C@H]3[C@@H](O)C1)O2. The predicted octanol–water partition coefficient (Wildman–Crippen LogP) is 4.51. The third-order valence-electron chi connectivity index (χ3n) is 7.45. The van der Waals surface area contributed by atoms with Crippen LogP contribution in [0.4, 0.5) is 0 Å². The van der Waals surface area contributed by atoms with Gasteiger partial charge in [0.15, 0.2) is 0 Å². The number of esters is 1. The number of cyclic esters (lactones) is 1. The number of hydrogen-bond acceptors (Lipinski definition) is 7. The molecule has 1 N–H and O–H groups in total. The van der Waals surface area contributed by atoms with E-state index in [1.807, 2.05) is 18.2 Å². The zero-order chi connectivity index (χ0) is 26.2. The Morgan fingerprint density at radius 2 is 2.08 bits per heavy atom. The molecule has 1 fully saturated rings. The third-order valence-corrected chi connectivity index (χ3v) is 7.45. The van der Waals surface area contributed by atoms with Crippen LogP contribution < -0.4 is 0 Å². The van der Waals surface area contributed by atoms with Crippen LogP contribution in [0.15, 0.2) is 60.3 Å². The van der Waals surface area contributed by atoms with Crippen molar-refractivity contribution in [3.8, 4) is 0 Å². The lowest BCUT2D eigenvalue weighted by Gasteiger charge is -2.26. The van der Waals surface area contributed by atoms with Crippen molar-refractivity contribution in [2.45, 2.75) is 107 Å². The number of hydrogen-bond donors (Lipinski definition) is 1. The Labute approximate surface area is 220 Å². The number of ether oxygens (including phenoxy) is 5. The summed E-state index contributed by atoms with van der Waals surface area (Å²) in [6.07, 6.45) is 17.4. The standard InChI is InChI=1S/C30H42O7/c1-20-7-4-8-22-9-5-10-23(35-22)11-6-12-29(32)36-27(19-28-30(37-28)25(31)18-20)26(33-3)14-13-24-17-21(2)15-16-34-24/h5-6,10,12-15,22-28,30-31H,1,4,7-9,11,16-19H2,2-3H3/b12-6-,14-13+/t22-,23+,24-,25+,26+,27+,28+,30+/m1/s1. The molecule has 2 bridgehead atoms. The Bertz CT molecular complexity index is 904. The summed E-state index contributed by atoms with van der Waals surface area (Å²) in [5.74, 6) is -0.434. The van der Waals surface area contributed by atoms with Crippen molar-refractivity contribution in [3.05, 3.63) is 60.3 Å². The van der Waals surface area contributed by atoms with Crippen molar-refractivity contribution in [2.24, 2.45) is 0 Å². The molecule has 1 saturated heterocycles. The average molecular weight is 515 g/mol. The number of fused-ring (bicyclic) bond motifs is 3. The average Bonchev–Trinajstić information content (AvgIpc) is 3.63. The van der Waals surface area contributed by atoms with E-state index < -0.39 is 24.3 Å². The summed E-state index contributed by atoms with van der Waals surface area (Å²) in [6, 6.07) is 0. The molecular weight excluding hydrogens is 472 g/mol. The number of aliphatic hydroxyl groups excluding tert-OH is 1. The Hall–Kier alpha value is -2.03. The van der Waals surface area contributed by atoms with Crippen molar-refractivity contribution in [2.75, 3.05) is 13.7 Å². The van der Waals surface area contributed by atoms with E-state index in [9.17, 15) is 9.90 Å². The Morgan fingerprint density at radius 3 is 2.89 bits per heavy atom. The summed E-state index contributed by atoms with van der Waals surface area (Å²) in [6.45, 7) is 6.85. The fourth-order valence-electron chi connectivity index (χ4n) is 5.28. The summed E-state index contributed by atoms with van der Waals surface area (Å²) >= 11 is 0. The predicted molar refractivity (Wildman–Crippen MR) is 141 cm³/mol. The molecule has 4 heterocycles. The molecule has 204 valence electrons. The molecule has 0 aliphatic carbocycles. The van der Waals surface area contributed by atoms with E-state index in [1.165, 1.54) is 11.6 Å². The first-order valence-corrected chi connectivity index (χ1v) is 13.6. The second kappa shape index (κ2) is 13.7. The highest BCUT2D eigenvalue weighted by Crippen LogP contribution is 2.34. The van der Waals surface area contributed by atoms with E-state index >= 15 is 0 Å². The lowest BCUT2D eigenvalue weighted by Crippen LogP contribution is -2.34. The van der Waals surface area contributed by atoms with Gasteiger partial charge in [-0.15, -0.1) is 0 Å². The van der Waals surface area contributed by atoms with Crippen molar-refractivity contribution in [1.82, 2.24) is 0 Å². The van der Waals surface area contributed by atoms with E-state index in [-0.39, 0.29) is 30.5 Å². The van der Waals surface area contributed by atoms with Crippen molar-refractivity contribution < 1.29 is 33.6 Å². The van der Waals surface area contributed by atoms with Gasteiger partial charge >= 0.3 is 5.97 Å². The quantitative estimate of drug-likeness (QED) is 0.335. The van der Waals surface area contributed by atoms with E-state index in [2.05, 4.69) is 31.7 Å². The molecule has 0 saturated carbocycles. The number of rotatable bonds is 4. The molecule has 8 atom stereocenters. The van der Waals surface area contributed by atoms with Gasteiger partial charge in [0.2, 0.25) is 0 Å². The Morgan fingerprint density at radius 1 is 1.22 bits per heavy atom. The number of methoxy groups -OCH3 is 1. The molecule has 0 spiro atoms. The lowest BCUT2D eigenvalue weighted by molar-refractivity contribution is -0.149. The highest BCUT2D eigenvalue weighted by molar-refractivity contribution is 5.82. The van der Waals surface area contributed by atoms with Gasteiger partial charge in [-0.2, -0.15) is 0 Å². The molecule has 4 rings (SSSR count). The molecule has 0 aromatic rings.